The summed E-state index contributed by atoms with van der Waals surface area (Å²) < 4.78 is 14.1. The average molecular weight is 482 g/mol. The molecule has 8 nitrogen and oxygen atoms in total. The Labute approximate surface area is 199 Å². The number of rotatable bonds is 6. The highest BCUT2D eigenvalue weighted by molar-refractivity contribution is 6.99. The molecule has 1 aliphatic heterocycles. The summed E-state index contributed by atoms with van der Waals surface area (Å²) in [6.45, 7) is 6.59. The van der Waals surface area contributed by atoms with Crippen molar-refractivity contribution in [2.45, 2.75) is 50.3 Å². The number of ether oxygens (including phenoxy) is 1. The fourth-order valence-electron chi connectivity index (χ4n) is 4.75. The van der Waals surface area contributed by atoms with Crippen LogP contribution in [-0.4, -0.2) is 47.8 Å². The lowest BCUT2D eigenvalue weighted by molar-refractivity contribution is -0.0432. The number of H-pyrrole nitrogens is 1. The Morgan fingerprint density at radius 1 is 1.03 bits per heavy atom. The molecule has 180 valence electrons. The van der Waals surface area contributed by atoms with Crippen molar-refractivity contribution in [3.05, 3.63) is 93.8 Å². The standard InChI is InChI=1S/C25H31N3O5Si/c1-25(2,3)34(17-10-6-4-7-11-17,18-12-8-5-9-13-18)32-16-19-22(30)21(26)23(33-19)28-15-14-20(29)27-24(28)31/h4-15,19,21-23,30H,16,26H2,1-3H3,(H,27,29,31)/t19-,21-,22-,23-/m1/s1. The summed E-state index contributed by atoms with van der Waals surface area (Å²) in [5, 5.41) is 12.9. The van der Waals surface area contributed by atoms with E-state index >= 15 is 0 Å². The molecule has 1 saturated heterocycles. The fourth-order valence-corrected chi connectivity index (χ4v) is 9.32. The Kier molecular flexibility index (Phi) is 6.75. The molecule has 3 aromatic rings. The van der Waals surface area contributed by atoms with Crippen LogP contribution in [0.2, 0.25) is 5.04 Å². The monoisotopic (exact) mass is 481 g/mol. The third-order valence-electron chi connectivity index (χ3n) is 6.42. The van der Waals surface area contributed by atoms with Crippen molar-refractivity contribution in [1.29, 1.82) is 0 Å². The van der Waals surface area contributed by atoms with Gasteiger partial charge in [-0.05, 0) is 15.4 Å². The SMILES string of the molecule is CC(C)(C)[Si](OC[C@H]1O[C@@H](n2ccc(=O)[nH]c2=O)[C@H](N)[C@@H]1O)(c1ccccc1)c1ccccc1. The largest absolute Gasteiger partial charge is 0.405 e. The minimum absolute atomic E-state index is 0.0940. The van der Waals surface area contributed by atoms with E-state index in [-0.39, 0.29) is 11.6 Å². The van der Waals surface area contributed by atoms with Crippen molar-refractivity contribution in [3.63, 3.8) is 0 Å². The second-order valence-corrected chi connectivity index (χ2v) is 13.9. The van der Waals surface area contributed by atoms with E-state index in [2.05, 4.69) is 50.0 Å². The lowest BCUT2D eigenvalue weighted by Crippen LogP contribution is -2.67. The molecule has 0 radical (unpaired) electrons. The van der Waals surface area contributed by atoms with Crippen LogP contribution < -0.4 is 27.4 Å². The van der Waals surface area contributed by atoms with Gasteiger partial charge >= 0.3 is 5.69 Å². The zero-order valence-electron chi connectivity index (χ0n) is 19.5. The van der Waals surface area contributed by atoms with Gasteiger partial charge in [0.1, 0.15) is 12.2 Å². The van der Waals surface area contributed by atoms with Crippen LogP contribution in [0, 0.1) is 0 Å². The van der Waals surface area contributed by atoms with Crippen molar-refractivity contribution in [1.82, 2.24) is 9.55 Å². The Bertz CT molecular complexity index is 1180. The summed E-state index contributed by atoms with van der Waals surface area (Å²) in [6, 6.07) is 20.7. The van der Waals surface area contributed by atoms with Crippen LogP contribution in [0.3, 0.4) is 0 Å². The number of hydrogen-bond donors (Lipinski definition) is 3. The van der Waals surface area contributed by atoms with E-state index in [0.717, 1.165) is 10.4 Å². The number of nitrogens with one attached hydrogen (secondary N) is 1. The zero-order valence-corrected chi connectivity index (χ0v) is 20.5. The van der Waals surface area contributed by atoms with E-state index in [1.165, 1.54) is 16.8 Å². The van der Waals surface area contributed by atoms with Crippen LogP contribution in [0.15, 0.2) is 82.5 Å². The summed E-state index contributed by atoms with van der Waals surface area (Å²) in [7, 11) is -2.84. The van der Waals surface area contributed by atoms with Crippen molar-refractivity contribution in [3.8, 4) is 0 Å². The predicted octanol–water partition coefficient (Wildman–Crippen LogP) is 0.699. The molecule has 1 fully saturated rings. The molecule has 0 amide bonds. The molecule has 0 unspecified atom stereocenters. The number of aromatic amines is 1. The molecule has 4 N–H and O–H groups in total. The first-order valence-electron chi connectivity index (χ1n) is 11.3. The Morgan fingerprint density at radius 2 is 1.59 bits per heavy atom. The first-order chi connectivity index (χ1) is 16.1. The van der Waals surface area contributed by atoms with Gasteiger partial charge in [0.2, 0.25) is 0 Å². The number of nitrogens with zero attached hydrogens (tertiary/aromatic N) is 1. The van der Waals surface area contributed by atoms with E-state index < -0.39 is 44.0 Å². The number of hydrogen-bond acceptors (Lipinski definition) is 6. The minimum Gasteiger partial charge on any atom is -0.405 e. The van der Waals surface area contributed by atoms with Gasteiger partial charge in [0, 0.05) is 12.3 Å². The van der Waals surface area contributed by atoms with Gasteiger partial charge in [-0.1, -0.05) is 81.4 Å². The lowest BCUT2D eigenvalue weighted by Gasteiger charge is -2.43. The van der Waals surface area contributed by atoms with E-state index in [9.17, 15) is 14.7 Å². The van der Waals surface area contributed by atoms with Crippen molar-refractivity contribution in [2.24, 2.45) is 5.73 Å². The zero-order chi connectivity index (χ0) is 24.5. The Morgan fingerprint density at radius 3 is 2.09 bits per heavy atom. The highest BCUT2D eigenvalue weighted by atomic mass is 28.4. The molecule has 1 aliphatic rings. The highest BCUT2D eigenvalue weighted by Gasteiger charge is 2.52. The van der Waals surface area contributed by atoms with Gasteiger partial charge in [0.25, 0.3) is 13.9 Å². The van der Waals surface area contributed by atoms with Gasteiger partial charge in [0.05, 0.1) is 12.6 Å². The van der Waals surface area contributed by atoms with Crippen molar-refractivity contribution < 1.29 is 14.3 Å². The molecule has 0 saturated carbocycles. The molecular weight excluding hydrogens is 450 g/mol. The topological polar surface area (TPSA) is 120 Å². The lowest BCUT2D eigenvalue weighted by atomic mass is 10.1. The normalized spacial score (nSPS) is 23.2. The summed E-state index contributed by atoms with van der Waals surface area (Å²) in [5.74, 6) is 0. The van der Waals surface area contributed by atoms with Gasteiger partial charge in [-0.3, -0.25) is 14.3 Å². The number of nitrogens with two attached hydrogens (primary N) is 1. The van der Waals surface area contributed by atoms with Crippen LogP contribution in [0.4, 0.5) is 0 Å². The van der Waals surface area contributed by atoms with Gasteiger partial charge < -0.3 is 20.0 Å². The van der Waals surface area contributed by atoms with Crippen LogP contribution in [0.1, 0.15) is 27.0 Å². The van der Waals surface area contributed by atoms with Crippen LogP contribution in [0.5, 0.6) is 0 Å². The van der Waals surface area contributed by atoms with E-state index in [1.54, 1.807) is 0 Å². The molecule has 1 aromatic heterocycles. The van der Waals surface area contributed by atoms with Gasteiger partial charge in [-0.15, -0.1) is 0 Å². The quantitative estimate of drug-likeness (QED) is 0.446. The molecule has 2 heterocycles. The van der Waals surface area contributed by atoms with E-state index in [1.807, 2.05) is 36.4 Å². The van der Waals surface area contributed by atoms with E-state index in [0.29, 0.717) is 0 Å². The molecule has 0 spiro atoms. The Balaban J connectivity index is 1.68. The minimum atomic E-state index is -2.84. The summed E-state index contributed by atoms with van der Waals surface area (Å²) in [6.07, 6.45) is -1.40. The van der Waals surface area contributed by atoms with Gasteiger partial charge in [0.15, 0.2) is 6.23 Å². The second-order valence-electron chi connectivity index (χ2n) is 9.62. The molecule has 4 rings (SSSR count). The van der Waals surface area contributed by atoms with Crippen molar-refractivity contribution in [2.75, 3.05) is 6.61 Å². The smallest absolute Gasteiger partial charge is 0.330 e. The summed E-state index contributed by atoms with van der Waals surface area (Å²) >= 11 is 0. The average Bonchev–Trinajstić information content (AvgIpc) is 3.08. The van der Waals surface area contributed by atoms with Crippen molar-refractivity contribution >= 4 is 18.7 Å². The fraction of sp³-hybridized carbons (Fsp3) is 0.360. The molecule has 2 aromatic carbocycles. The first-order valence-corrected chi connectivity index (χ1v) is 13.2. The third kappa shape index (κ3) is 4.33. The second kappa shape index (κ2) is 9.44. The highest BCUT2D eigenvalue weighted by Crippen LogP contribution is 2.37. The van der Waals surface area contributed by atoms with E-state index in [4.69, 9.17) is 14.9 Å². The number of aliphatic hydroxyl groups is 1. The maximum Gasteiger partial charge on any atom is 0.330 e. The Hall–Kier alpha value is -2.82. The number of benzene rings is 2. The first kappa shape index (κ1) is 24.3. The molecular formula is C25H31N3O5Si. The molecule has 9 heteroatoms. The molecule has 4 atom stereocenters. The van der Waals surface area contributed by atoms with Gasteiger partial charge in [-0.25, -0.2) is 4.79 Å². The maximum atomic E-state index is 12.3. The number of aliphatic hydroxyl groups excluding tert-OH is 1. The molecule has 0 bridgehead atoms. The number of aromatic nitrogens is 2. The summed E-state index contributed by atoms with van der Waals surface area (Å²) in [4.78, 5) is 25.9. The summed E-state index contributed by atoms with van der Waals surface area (Å²) in [5.41, 5.74) is 5.07. The maximum absolute atomic E-state index is 12.3. The van der Waals surface area contributed by atoms with Gasteiger partial charge in [-0.2, -0.15) is 0 Å². The van der Waals surface area contributed by atoms with Crippen LogP contribution in [0.25, 0.3) is 0 Å². The molecule has 34 heavy (non-hydrogen) atoms. The molecule has 0 aliphatic carbocycles. The van der Waals surface area contributed by atoms with Crippen LogP contribution >= 0.6 is 0 Å². The predicted molar refractivity (Wildman–Crippen MR) is 133 cm³/mol. The van der Waals surface area contributed by atoms with Crippen LogP contribution in [-0.2, 0) is 9.16 Å². The third-order valence-corrected chi connectivity index (χ3v) is 11.4.